The average molecular weight is 404 g/mol. The smallest absolute Gasteiger partial charge is 0.314 e. The van der Waals surface area contributed by atoms with Crippen LogP contribution >= 0.6 is 22.6 Å². The van der Waals surface area contributed by atoms with E-state index in [1.807, 2.05) is 28.7 Å². The number of halogens is 1. The van der Waals surface area contributed by atoms with Gasteiger partial charge in [-0.25, -0.2) is 0 Å². The molecule has 0 aliphatic rings. The first-order valence-electron chi connectivity index (χ1n) is 5.82. The highest BCUT2D eigenvalue weighted by Gasteiger charge is 2.31. The van der Waals surface area contributed by atoms with Crippen LogP contribution in [-0.4, -0.2) is 24.6 Å². The van der Waals surface area contributed by atoms with Crippen molar-refractivity contribution in [2.24, 2.45) is 5.41 Å². The molecule has 7 nitrogen and oxygen atoms in total. The molecule has 1 aromatic rings. The number of hydrogen-bond donors (Lipinski definition) is 0. The summed E-state index contributed by atoms with van der Waals surface area (Å²) >= 11 is 1.85. The highest BCUT2D eigenvalue weighted by Crippen LogP contribution is 2.34. The maximum Gasteiger partial charge on any atom is 0.314 e. The van der Waals surface area contributed by atoms with Crippen LogP contribution in [-0.2, 0) is 9.53 Å². The van der Waals surface area contributed by atoms with Crippen molar-refractivity contribution in [1.29, 1.82) is 5.26 Å². The van der Waals surface area contributed by atoms with E-state index in [1.165, 1.54) is 13.2 Å². The lowest BCUT2D eigenvalue weighted by molar-refractivity contribution is -0.386. The quantitative estimate of drug-likeness (QED) is 0.324. The Bertz CT molecular complexity index is 622. The molecule has 0 amide bonds. The van der Waals surface area contributed by atoms with Crippen molar-refractivity contribution < 1.29 is 19.2 Å². The number of nitrogens with zero attached hydrogens (tertiary/aromatic N) is 2. The molecular weight excluding hydrogens is 391 g/mol. The topological polar surface area (TPSA) is 102 Å². The van der Waals surface area contributed by atoms with Gasteiger partial charge in [0.1, 0.15) is 6.61 Å². The second kappa shape index (κ2) is 6.71. The molecule has 0 atom stereocenters. The summed E-state index contributed by atoms with van der Waals surface area (Å²) < 4.78 is 10.5. The number of carbonyl (C=O) groups excluding carboxylic acids is 1. The molecule has 0 N–H and O–H groups in total. The Labute approximate surface area is 135 Å². The Balaban J connectivity index is 3.12. The Morgan fingerprint density at radius 1 is 1.52 bits per heavy atom. The molecule has 112 valence electrons. The van der Waals surface area contributed by atoms with E-state index in [-0.39, 0.29) is 23.6 Å². The van der Waals surface area contributed by atoms with E-state index in [0.717, 1.165) is 6.07 Å². The van der Waals surface area contributed by atoms with Crippen LogP contribution in [0.25, 0.3) is 0 Å². The summed E-state index contributed by atoms with van der Waals surface area (Å²) in [6, 6.07) is 4.47. The summed E-state index contributed by atoms with van der Waals surface area (Å²) in [7, 11) is 1.26. The van der Waals surface area contributed by atoms with Gasteiger partial charge in [-0.3, -0.25) is 14.9 Å². The summed E-state index contributed by atoms with van der Waals surface area (Å²) in [5.74, 6) is -0.439. The molecule has 0 aliphatic heterocycles. The summed E-state index contributed by atoms with van der Waals surface area (Å²) in [6.45, 7) is 3.14. The van der Waals surface area contributed by atoms with E-state index in [1.54, 1.807) is 13.8 Å². The van der Waals surface area contributed by atoms with Gasteiger partial charge in [0.2, 0.25) is 5.75 Å². The number of nitro benzene ring substituents is 1. The summed E-state index contributed by atoms with van der Waals surface area (Å²) in [6.07, 6.45) is 0. The highest BCUT2D eigenvalue weighted by atomic mass is 127. The molecule has 0 aliphatic carbocycles. The van der Waals surface area contributed by atoms with Crippen LogP contribution in [0.4, 0.5) is 5.69 Å². The first kappa shape index (κ1) is 17.2. The summed E-state index contributed by atoms with van der Waals surface area (Å²) in [5.41, 5.74) is -1.08. The number of methoxy groups -OCH3 is 1. The molecule has 0 saturated heterocycles. The van der Waals surface area contributed by atoms with Crippen LogP contribution in [0, 0.1) is 30.4 Å². The van der Waals surface area contributed by atoms with E-state index in [2.05, 4.69) is 4.74 Å². The van der Waals surface area contributed by atoms with Crippen molar-refractivity contribution in [3.8, 4) is 11.8 Å². The zero-order valence-electron chi connectivity index (χ0n) is 11.7. The minimum atomic E-state index is -0.945. The van der Waals surface area contributed by atoms with Crippen molar-refractivity contribution in [1.82, 2.24) is 0 Å². The van der Waals surface area contributed by atoms with Gasteiger partial charge in [-0.2, -0.15) is 5.26 Å². The van der Waals surface area contributed by atoms with Crippen molar-refractivity contribution in [2.75, 3.05) is 13.7 Å². The van der Waals surface area contributed by atoms with Gasteiger partial charge in [0.15, 0.2) is 0 Å². The van der Waals surface area contributed by atoms with Gasteiger partial charge in [0, 0.05) is 6.07 Å². The van der Waals surface area contributed by atoms with Crippen LogP contribution in [0.1, 0.15) is 19.4 Å². The van der Waals surface area contributed by atoms with Crippen LogP contribution in [0.3, 0.4) is 0 Å². The normalized spacial score (nSPS) is 10.6. The van der Waals surface area contributed by atoms with E-state index in [9.17, 15) is 14.9 Å². The van der Waals surface area contributed by atoms with E-state index in [4.69, 9.17) is 10.00 Å². The summed E-state index contributed by atoms with van der Waals surface area (Å²) in [5, 5.41) is 19.9. The van der Waals surface area contributed by atoms with Gasteiger partial charge in [-0.15, -0.1) is 0 Å². The average Bonchev–Trinajstić information content (AvgIpc) is 2.43. The minimum Gasteiger partial charge on any atom is -0.485 e. The third kappa shape index (κ3) is 4.04. The Kier molecular flexibility index (Phi) is 5.48. The first-order chi connectivity index (χ1) is 9.72. The molecule has 0 fully saturated rings. The lowest BCUT2D eigenvalue weighted by Gasteiger charge is -2.21. The third-order valence-corrected chi connectivity index (χ3v) is 3.47. The number of carbonyl (C=O) groups is 1. The number of nitriles is 1. The monoisotopic (exact) mass is 404 g/mol. The van der Waals surface area contributed by atoms with E-state index < -0.39 is 16.3 Å². The van der Waals surface area contributed by atoms with Crippen LogP contribution < -0.4 is 4.74 Å². The first-order valence-corrected chi connectivity index (χ1v) is 6.90. The number of nitro groups is 1. The predicted octanol–water partition coefficient (Wildman–Crippen LogP) is 2.65. The van der Waals surface area contributed by atoms with Crippen LogP contribution in [0.15, 0.2) is 12.1 Å². The molecular formula is C13H13IN2O5. The molecule has 0 aromatic heterocycles. The van der Waals surface area contributed by atoms with Gasteiger partial charge < -0.3 is 9.47 Å². The second-order valence-electron chi connectivity index (χ2n) is 4.84. The van der Waals surface area contributed by atoms with E-state index in [0.29, 0.717) is 3.57 Å². The van der Waals surface area contributed by atoms with Gasteiger partial charge in [0.25, 0.3) is 0 Å². The zero-order valence-corrected chi connectivity index (χ0v) is 13.8. The number of rotatable bonds is 5. The number of hydrogen-bond acceptors (Lipinski definition) is 6. The highest BCUT2D eigenvalue weighted by molar-refractivity contribution is 14.1. The fraction of sp³-hybridized carbons (Fsp3) is 0.385. The van der Waals surface area contributed by atoms with Gasteiger partial charge in [0.05, 0.1) is 32.7 Å². The SMILES string of the molecule is COC(=O)C(C)(C)COc1c(I)cc(C#N)cc1[N+](=O)[O-]. The number of benzene rings is 1. The van der Waals surface area contributed by atoms with Gasteiger partial charge in [-0.1, -0.05) is 0 Å². The van der Waals surface area contributed by atoms with E-state index >= 15 is 0 Å². The van der Waals surface area contributed by atoms with Crippen LogP contribution in [0.2, 0.25) is 0 Å². The standard InChI is InChI=1S/C13H13IN2O5/c1-13(2,12(17)20-3)7-21-11-9(14)4-8(6-15)5-10(11)16(18)19/h4-5H,7H2,1-3H3. The second-order valence-corrected chi connectivity index (χ2v) is 6.00. The Hall–Kier alpha value is -1.89. The van der Waals surface area contributed by atoms with Gasteiger partial charge >= 0.3 is 11.7 Å². The molecule has 0 unspecified atom stereocenters. The molecule has 8 heteroatoms. The maximum absolute atomic E-state index is 11.6. The fourth-order valence-corrected chi connectivity index (χ4v) is 2.28. The number of esters is 1. The lowest BCUT2D eigenvalue weighted by atomic mass is 9.95. The molecule has 0 radical (unpaired) electrons. The molecule has 1 aromatic carbocycles. The maximum atomic E-state index is 11.6. The van der Waals surface area contributed by atoms with Crippen molar-refractivity contribution in [3.05, 3.63) is 31.4 Å². The Morgan fingerprint density at radius 3 is 2.62 bits per heavy atom. The fourth-order valence-electron chi connectivity index (χ4n) is 1.51. The van der Waals surface area contributed by atoms with Gasteiger partial charge in [-0.05, 0) is 42.5 Å². The summed E-state index contributed by atoms with van der Waals surface area (Å²) in [4.78, 5) is 22.0. The van der Waals surface area contributed by atoms with Crippen molar-refractivity contribution in [3.63, 3.8) is 0 Å². The molecule has 0 heterocycles. The largest absolute Gasteiger partial charge is 0.485 e. The molecule has 0 bridgehead atoms. The molecule has 0 spiro atoms. The number of ether oxygens (including phenoxy) is 2. The van der Waals surface area contributed by atoms with Crippen molar-refractivity contribution >= 4 is 34.2 Å². The zero-order chi connectivity index (χ0) is 16.2. The predicted molar refractivity (Wildman–Crippen MR) is 81.8 cm³/mol. The minimum absolute atomic E-state index is 0.0385. The molecule has 1 rings (SSSR count). The lowest BCUT2D eigenvalue weighted by Crippen LogP contribution is -2.32. The van der Waals surface area contributed by atoms with Crippen molar-refractivity contribution in [2.45, 2.75) is 13.8 Å². The Morgan fingerprint density at radius 2 is 2.14 bits per heavy atom. The molecule has 0 saturated carbocycles. The third-order valence-electron chi connectivity index (χ3n) is 2.67. The molecule has 21 heavy (non-hydrogen) atoms. The van der Waals surface area contributed by atoms with Crippen LogP contribution in [0.5, 0.6) is 5.75 Å².